The molecule has 1 aromatic heterocycles. The molecule has 0 spiro atoms. The lowest BCUT2D eigenvalue weighted by Crippen LogP contribution is -2.43. The standard InChI is InChI=1S/C13H17N2OS/c1-3-14(4-2)13(16)9-15-10-17-12-8-6-5-7-11(12)15/h5-8,10H,3-4,9H2,1-2H3/q+1. The van der Waals surface area contributed by atoms with E-state index >= 15 is 0 Å². The molecule has 1 heterocycles. The van der Waals surface area contributed by atoms with E-state index in [1.54, 1.807) is 11.3 Å². The fraction of sp³-hybridized carbons (Fsp3) is 0.385. The lowest BCUT2D eigenvalue weighted by molar-refractivity contribution is -0.654. The zero-order valence-electron chi connectivity index (χ0n) is 10.2. The molecule has 0 saturated heterocycles. The van der Waals surface area contributed by atoms with Crippen LogP contribution in [0.2, 0.25) is 0 Å². The van der Waals surface area contributed by atoms with Crippen molar-refractivity contribution in [2.75, 3.05) is 13.1 Å². The smallest absolute Gasteiger partial charge is 0.288 e. The predicted octanol–water partition coefficient (Wildman–Crippen LogP) is 2.06. The maximum absolute atomic E-state index is 12.0. The van der Waals surface area contributed by atoms with Crippen molar-refractivity contribution >= 4 is 27.5 Å². The van der Waals surface area contributed by atoms with Crippen LogP contribution in [-0.4, -0.2) is 23.9 Å². The molecule has 0 aliphatic carbocycles. The molecule has 17 heavy (non-hydrogen) atoms. The van der Waals surface area contributed by atoms with Gasteiger partial charge in [0.2, 0.25) is 17.6 Å². The Kier molecular flexibility index (Phi) is 3.74. The summed E-state index contributed by atoms with van der Waals surface area (Å²) in [4.78, 5) is 13.9. The molecule has 0 saturated carbocycles. The fourth-order valence-corrected chi connectivity index (χ4v) is 2.81. The quantitative estimate of drug-likeness (QED) is 0.761. The van der Waals surface area contributed by atoms with E-state index in [9.17, 15) is 4.79 Å². The monoisotopic (exact) mass is 249 g/mol. The summed E-state index contributed by atoms with van der Waals surface area (Å²) >= 11 is 1.68. The van der Waals surface area contributed by atoms with E-state index in [1.807, 2.05) is 41.0 Å². The van der Waals surface area contributed by atoms with Gasteiger partial charge in [0.1, 0.15) is 4.70 Å². The minimum Gasteiger partial charge on any atom is -0.338 e. The number of amides is 1. The van der Waals surface area contributed by atoms with Crippen molar-refractivity contribution in [3.8, 4) is 0 Å². The van der Waals surface area contributed by atoms with Gasteiger partial charge >= 0.3 is 0 Å². The molecule has 1 aromatic carbocycles. The Morgan fingerprint density at radius 3 is 2.71 bits per heavy atom. The summed E-state index contributed by atoms with van der Waals surface area (Å²) in [5, 5.41) is 0. The van der Waals surface area contributed by atoms with Gasteiger partial charge in [0, 0.05) is 19.2 Å². The van der Waals surface area contributed by atoms with Crippen molar-refractivity contribution in [3.05, 3.63) is 29.8 Å². The summed E-state index contributed by atoms with van der Waals surface area (Å²) in [6.07, 6.45) is 0. The Balaban J connectivity index is 2.21. The second kappa shape index (κ2) is 5.27. The number of fused-ring (bicyclic) bond motifs is 1. The Morgan fingerprint density at radius 2 is 2.00 bits per heavy atom. The van der Waals surface area contributed by atoms with Crippen LogP contribution in [-0.2, 0) is 11.3 Å². The van der Waals surface area contributed by atoms with Crippen molar-refractivity contribution in [3.63, 3.8) is 0 Å². The van der Waals surface area contributed by atoms with Gasteiger partial charge in [0.05, 0.1) is 0 Å². The average molecular weight is 249 g/mol. The van der Waals surface area contributed by atoms with Gasteiger partial charge in [-0.2, -0.15) is 4.57 Å². The molecule has 0 N–H and O–H groups in total. The molecule has 0 atom stereocenters. The van der Waals surface area contributed by atoms with Crippen LogP contribution in [0, 0.1) is 0 Å². The van der Waals surface area contributed by atoms with Crippen molar-refractivity contribution < 1.29 is 9.36 Å². The first-order chi connectivity index (χ1) is 8.26. The third-order valence-electron chi connectivity index (χ3n) is 2.90. The lowest BCUT2D eigenvalue weighted by atomic mass is 10.3. The van der Waals surface area contributed by atoms with E-state index in [4.69, 9.17) is 0 Å². The Bertz CT molecular complexity index is 517. The number of nitrogens with zero attached hydrogens (tertiary/aromatic N) is 2. The molecule has 0 aliphatic heterocycles. The molecule has 90 valence electrons. The maximum atomic E-state index is 12.0. The normalized spacial score (nSPS) is 10.7. The highest BCUT2D eigenvalue weighted by molar-refractivity contribution is 7.16. The van der Waals surface area contributed by atoms with E-state index in [0.29, 0.717) is 6.54 Å². The van der Waals surface area contributed by atoms with Crippen LogP contribution in [0.25, 0.3) is 10.2 Å². The van der Waals surface area contributed by atoms with Crippen LogP contribution in [0.15, 0.2) is 29.8 Å². The number of benzene rings is 1. The van der Waals surface area contributed by atoms with Gasteiger partial charge in [-0.3, -0.25) is 4.79 Å². The number of thiazole rings is 1. The topological polar surface area (TPSA) is 24.2 Å². The van der Waals surface area contributed by atoms with Gasteiger partial charge in [0.15, 0.2) is 0 Å². The molecular weight excluding hydrogens is 232 g/mol. The third-order valence-corrected chi connectivity index (χ3v) is 3.86. The van der Waals surface area contributed by atoms with E-state index in [1.165, 1.54) is 4.70 Å². The number of carbonyl (C=O) groups is 1. The number of aromatic nitrogens is 1. The second-order valence-electron chi connectivity index (χ2n) is 3.88. The van der Waals surface area contributed by atoms with E-state index in [-0.39, 0.29) is 5.91 Å². The summed E-state index contributed by atoms with van der Waals surface area (Å²) in [6, 6.07) is 8.17. The Morgan fingerprint density at radius 1 is 1.29 bits per heavy atom. The predicted molar refractivity (Wildman–Crippen MR) is 69.9 cm³/mol. The molecule has 0 bridgehead atoms. The van der Waals surface area contributed by atoms with Gasteiger partial charge in [-0.05, 0) is 19.9 Å². The Hall–Kier alpha value is -1.42. The van der Waals surface area contributed by atoms with E-state index < -0.39 is 0 Å². The highest BCUT2D eigenvalue weighted by atomic mass is 32.1. The van der Waals surface area contributed by atoms with Gasteiger partial charge in [-0.15, -0.1) is 0 Å². The van der Waals surface area contributed by atoms with Crippen molar-refractivity contribution in [2.45, 2.75) is 20.4 Å². The minimum absolute atomic E-state index is 0.184. The zero-order valence-corrected chi connectivity index (χ0v) is 11.0. The highest BCUT2D eigenvalue weighted by Crippen LogP contribution is 2.14. The van der Waals surface area contributed by atoms with Crippen molar-refractivity contribution in [2.24, 2.45) is 0 Å². The molecular formula is C13H17N2OS+. The first-order valence-corrected chi connectivity index (χ1v) is 6.77. The number of likely N-dealkylation sites (N-methyl/N-ethyl adjacent to an activating group) is 1. The van der Waals surface area contributed by atoms with E-state index in [2.05, 4.69) is 12.1 Å². The summed E-state index contributed by atoms with van der Waals surface area (Å²) < 4.78 is 3.25. The number of carbonyl (C=O) groups excluding carboxylic acids is 1. The van der Waals surface area contributed by atoms with Crippen LogP contribution < -0.4 is 4.57 Å². The lowest BCUT2D eigenvalue weighted by Gasteiger charge is -2.16. The first-order valence-electron chi connectivity index (χ1n) is 5.89. The average Bonchev–Trinajstić information content (AvgIpc) is 2.74. The van der Waals surface area contributed by atoms with Crippen molar-refractivity contribution in [1.29, 1.82) is 0 Å². The fourth-order valence-electron chi connectivity index (χ4n) is 1.92. The molecule has 0 radical (unpaired) electrons. The largest absolute Gasteiger partial charge is 0.338 e. The molecule has 2 aromatic rings. The van der Waals surface area contributed by atoms with Crippen LogP contribution in [0.4, 0.5) is 0 Å². The molecule has 0 aliphatic rings. The number of rotatable bonds is 4. The van der Waals surface area contributed by atoms with Gasteiger partial charge in [-0.1, -0.05) is 23.5 Å². The highest BCUT2D eigenvalue weighted by Gasteiger charge is 2.18. The number of hydrogen-bond acceptors (Lipinski definition) is 2. The molecule has 4 heteroatoms. The summed E-state index contributed by atoms with van der Waals surface area (Å²) in [5.41, 5.74) is 3.16. The molecule has 0 unspecified atom stereocenters. The minimum atomic E-state index is 0.184. The molecule has 1 amide bonds. The van der Waals surface area contributed by atoms with Gasteiger partial charge in [-0.25, -0.2) is 0 Å². The summed E-state index contributed by atoms with van der Waals surface area (Å²) in [6.45, 7) is 6.01. The Labute approximate surface area is 105 Å². The van der Waals surface area contributed by atoms with Crippen LogP contribution in [0.1, 0.15) is 13.8 Å². The third kappa shape index (κ3) is 2.47. The second-order valence-corrected chi connectivity index (χ2v) is 4.77. The maximum Gasteiger partial charge on any atom is 0.288 e. The van der Waals surface area contributed by atoms with Gasteiger partial charge in [0.25, 0.3) is 5.91 Å². The molecule has 2 rings (SSSR count). The van der Waals surface area contributed by atoms with Gasteiger partial charge < -0.3 is 4.90 Å². The molecule has 0 fully saturated rings. The van der Waals surface area contributed by atoms with Crippen LogP contribution in [0.5, 0.6) is 0 Å². The van der Waals surface area contributed by atoms with Crippen LogP contribution in [0.3, 0.4) is 0 Å². The summed E-state index contributed by atoms with van der Waals surface area (Å²) in [5.74, 6) is 0.184. The van der Waals surface area contributed by atoms with E-state index in [0.717, 1.165) is 18.6 Å². The van der Waals surface area contributed by atoms with Crippen molar-refractivity contribution in [1.82, 2.24) is 4.90 Å². The zero-order chi connectivity index (χ0) is 12.3. The SMILES string of the molecule is CCN(CC)C(=O)C[n+]1csc2ccccc21. The van der Waals surface area contributed by atoms with Crippen LogP contribution >= 0.6 is 11.3 Å². The summed E-state index contributed by atoms with van der Waals surface area (Å²) in [7, 11) is 0. The first kappa shape index (κ1) is 12.0. The number of para-hydroxylation sites is 1. The number of hydrogen-bond donors (Lipinski definition) is 0. The molecule has 3 nitrogen and oxygen atoms in total.